The predicted molar refractivity (Wildman–Crippen MR) is 280 cm³/mol. The third kappa shape index (κ3) is 13.1. The van der Waals surface area contributed by atoms with Crippen LogP contribution in [-0.4, -0.2) is 94.1 Å². The van der Waals surface area contributed by atoms with Crippen LogP contribution in [0.4, 0.5) is 5.69 Å². The van der Waals surface area contributed by atoms with Gasteiger partial charge in [-0.2, -0.15) is 0 Å². The molecule has 0 bridgehead atoms. The average Bonchev–Trinajstić information content (AvgIpc) is 4.04. The number of sulfonamides is 1. The van der Waals surface area contributed by atoms with E-state index < -0.39 is 51.3 Å². The van der Waals surface area contributed by atoms with Crippen LogP contribution in [0.5, 0.6) is 17.2 Å². The molecule has 73 heavy (non-hydrogen) atoms. The molecule has 1 saturated heterocycles. The maximum Gasteiger partial charge on any atom is 0.328 e. The van der Waals surface area contributed by atoms with Crippen molar-refractivity contribution in [1.29, 1.82) is 0 Å². The van der Waals surface area contributed by atoms with Gasteiger partial charge in [-0.3, -0.25) is 33.0 Å². The molecule has 388 valence electrons. The van der Waals surface area contributed by atoms with Crippen molar-refractivity contribution in [2.45, 2.75) is 103 Å². The van der Waals surface area contributed by atoms with Crippen molar-refractivity contribution in [2.75, 3.05) is 24.4 Å². The average molecular weight is 1040 g/mol. The molecule has 2 aromatic heterocycles. The number of aromatic nitrogens is 3. The zero-order valence-electron chi connectivity index (χ0n) is 42.2. The highest BCUT2D eigenvalue weighted by atomic mass is 32.2. The summed E-state index contributed by atoms with van der Waals surface area (Å²) in [4.78, 5) is 73.6. The van der Waals surface area contributed by atoms with Gasteiger partial charge >= 0.3 is 5.69 Å². The number of rotatable bonds is 21. The van der Waals surface area contributed by atoms with Crippen LogP contribution >= 0.6 is 11.3 Å². The van der Waals surface area contributed by atoms with E-state index in [4.69, 9.17) is 9.47 Å². The van der Waals surface area contributed by atoms with Crippen molar-refractivity contribution in [1.82, 2.24) is 35.0 Å². The Morgan fingerprint density at radius 3 is 2.32 bits per heavy atom. The number of aliphatic hydroxyl groups excluding tert-OH is 1. The lowest BCUT2D eigenvalue weighted by Crippen LogP contribution is -2.57. The number of ether oxygens (including phenoxy) is 2. The number of hydrogen-bond acceptors (Lipinski definition) is 12. The number of nitrogens with zero attached hydrogens (tertiary/aromatic N) is 4. The van der Waals surface area contributed by atoms with E-state index >= 15 is 0 Å². The molecule has 0 spiro atoms. The first-order valence-corrected chi connectivity index (χ1v) is 26.7. The minimum Gasteiger partial charge on any atom is -0.493 e. The second kappa shape index (κ2) is 23.2. The first-order valence-electron chi connectivity index (χ1n) is 24.3. The monoisotopic (exact) mass is 1040 g/mol. The third-order valence-corrected chi connectivity index (χ3v) is 14.9. The van der Waals surface area contributed by atoms with Gasteiger partial charge in [0.05, 0.1) is 50.4 Å². The molecular formula is C53H64N8O10S2. The van der Waals surface area contributed by atoms with Gasteiger partial charge in [0.2, 0.25) is 17.7 Å². The molecule has 20 heteroatoms. The summed E-state index contributed by atoms with van der Waals surface area (Å²) < 4.78 is 45.3. The summed E-state index contributed by atoms with van der Waals surface area (Å²) in [5, 5.41) is 19.2. The standard InChI is InChI=1S/C53H64N8O10S2/c1-8-24-70-38-15-13-16-39(27-38)71-45-29-43-42(59(6)52(67)60(43)7)28-41(45)58-73(68,69)40-17-12-14-36(25-40)49(64)54-23-11-9-10-18-46(63)57-48(53(3,4)5)51(66)61-31-37(62)26-44(61)50(65)55-30-34-19-21-35(22-20-34)47-33(2)56-32-72-47/h12-17,19-22,25,27-29,32,37,44,48,58,62H,8-11,18,23-24,26,30-31H2,1-7H3,(H,54,64)(H,55,65)(H,57,63)/t37-,44+,48-/m1/s1. The number of unbranched alkanes of at least 4 members (excludes halogenated alkanes) is 2. The van der Waals surface area contributed by atoms with Crippen molar-refractivity contribution in [3.8, 4) is 27.7 Å². The van der Waals surface area contributed by atoms with Crippen LogP contribution in [0.2, 0.25) is 0 Å². The number of carbonyl (C=O) groups excluding carboxylic acids is 4. The van der Waals surface area contributed by atoms with Gasteiger partial charge in [0.25, 0.3) is 15.9 Å². The van der Waals surface area contributed by atoms with Gasteiger partial charge < -0.3 is 35.4 Å². The van der Waals surface area contributed by atoms with Crippen LogP contribution in [0.3, 0.4) is 0 Å². The van der Waals surface area contributed by atoms with E-state index in [0.717, 1.165) is 28.1 Å². The largest absolute Gasteiger partial charge is 0.493 e. The Kier molecular flexibility index (Phi) is 17.1. The zero-order chi connectivity index (χ0) is 52.6. The highest BCUT2D eigenvalue weighted by Gasteiger charge is 2.44. The molecule has 5 N–H and O–H groups in total. The van der Waals surface area contributed by atoms with Gasteiger partial charge in [0.1, 0.15) is 23.6 Å². The highest BCUT2D eigenvalue weighted by molar-refractivity contribution is 7.92. The Morgan fingerprint density at radius 1 is 0.904 bits per heavy atom. The fraction of sp³-hybridized carbons (Fsp3) is 0.396. The molecular weight excluding hydrogens is 973 g/mol. The summed E-state index contributed by atoms with van der Waals surface area (Å²) >= 11 is 1.56. The van der Waals surface area contributed by atoms with Crippen LogP contribution in [0.25, 0.3) is 21.5 Å². The Balaban J connectivity index is 0.901. The number of aliphatic hydroxyl groups is 1. The number of likely N-dealkylation sites (tertiary alicyclic amines) is 1. The molecule has 4 amide bonds. The smallest absolute Gasteiger partial charge is 0.328 e. The van der Waals surface area contributed by atoms with E-state index in [0.29, 0.717) is 48.4 Å². The number of fused-ring (bicyclic) bond motifs is 1. The topological polar surface area (TPSA) is 232 Å². The molecule has 0 unspecified atom stereocenters. The van der Waals surface area contributed by atoms with E-state index in [-0.39, 0.29) is 66.0 Å². The predicted octanol–water partition coefficient (Wildman–Crippen LogP) is 6.79. The summed E-state index contributed by atoms with van der Waals surface area (Å²) in [7, 11) is -1.11. The van der Waals surface area contributed by atoms with Crippen LogP contribution in [0.15, 0.2) is 100 Å². The Hall–Kier alpha value is -7.03. The molecule has 3 atom stereocenters. The summed E-state index contributed by atoms with van der Waals surface area (Å²) in [5.74, 6) is -0.596. The van der Waals surface area contributed by atoms with Gasteiger partial charge in [-0.05, 0) is 79.1 Å². The molecule has 6 aromatic rings. The number of amides is 4. The minimum atomic E-state index is -4.31. The number of benzene rings is 4. The van der Waals surface area contributed by atoms with Crippen molar-refractivity contribution in [2.24, 2.45) is 19.5 Å². The molecule has 1 fully saturated rings. The highest BCUT2D eigenvalue weighted by Crippen LogP contribution is 2.36. The quantitative estimate of drug-likeness (QED) is 0.0471. The molecule has 18 nitrogen and oxygen atoms in total. The van der Waals surface area contributed by atoms with Crippen molar-refractivity contribution >= 4 is 61.7 Å². The minimum absolute atomic E-state index is 0.0391. The zero-order valence-corrected chi connectivity index (χ0v) is 43.8. The SMILES string of the molecule is CCCOc1cccc(Oc2cc3c(cc2NS(=O)(=O)c2cccc(C(=O)NCCCCCC(=O)N[C@H](C(=O)N4C[C@H](O)C[C@H]4C(=O)NCc4ccc(-c5scnc5C)cc4)C(C)(C)C)c2)n(C)c(=O)n3C)c1. The van der Waals surface area contributed by atoms with Crippen molar-refractivity contribution in [3.05, 3.63) is 118 Å². The summed E-state index contributed by atoms with van der Waals surface area (Å²) in [6, 6.07) is 21.6. The number of nitrogens with one attached hydrogen (secondary N) is 4. The van der Waals surface area contributed by atoms with Crippen molar-refractivity contribution in [3.63, 3.8) is 0 Å². The van der Waals surface area contributed by atoms with E-state index in [9.17, 15) is 37.5 Å². The number of anilines is 1. The van der Waals surface area contributed by atoms with Gasteiger partial charge in [-0.1, -0.05) is 70.5 Å². The normalized spacial score (nSPS) is 15.2. The van der Waals surface area contributed by atoms with E-state index in [1.165, 1.54) is 44.4 Å². The molecule has 1 aliphatic heterocycles. The second-order valence-corrected chi connectivity index (χ2v) is 21.8. The third-order valence-electron chi connectivity index (χ3n) is 12.6. The number of imidazole rings is 1. The first kappa shape index (κ1) is 53.8. The number of thiazole rings is 1. The lowest BCUT2D eigenvalue weighted by atomic mass is 9.85. The summed E-state index contributed by atoms with van der Waals surface area (Å²) in [6.45, 7) is 10.4. The van der Waals surface area contributed by atoms with E-state index in [2.05, 4.69) is 25.7 Å². The maximum atomic E-state index is 14.1. The van der Waals surface area contributed by atoms with Gasteiger partial charge in [0, 0.05) is 64.3 Å². The van der Waals surface area contributed by atoms with Crippen LogP contribution in [0, 0.1) is 12.3 Å². The fourth-order valence-electron chi connectivity index (χ4n) is 8.58. The Morgan fingerprint density at radius 2 is 1.62 bits per heavy atom. The molecule has 7 rings (SSSR count). The summed E-state index contributed by atoms with van der Waals surface area (Å²) in [5.41, 5.74) is 4.78. The van der Waals surface area contributed by atoms with Crippen LogP contribution in [-0.2, 0) is 45.0 Å². The lowest BCUT2D eigenvalue weighted by Gasteiger charge is -2.35. The van der Waals surface area contributed by atoms with Gasteiger partial charge in [-0.15, -0.1) is 11.3 Å². The number of β-amino-alcohol motifs (C(OH)–C–C–N with tert-alkyl or cyclic N) is 1. The number of carbonyl (C=O) groups is 4. The number of aryl methyl sites for hydroxylation is 3. The summed E-state index contributed by atoms with van der Waals surface area (Å²) in [6.07, 6.45) is 1.62. The fourth-order valence-corrected chi connectivity index (χ4v) is 10.5. The Labute approximate surface area is 429 Å². The molecule has 0 aliphatic carbocycles. The molecule has 3 heterocycles. The van der Waals surface area contributed by atoms with Gasteiger partial charge in [-0.25, -0.2) is 18.2 Å². The van der Waals surface area contributed by atoms with E-state index in [1.807, 2.05) is 58.9 Å². The molecule has 0 radical (unpaired) electrons. The second-order valence-electron chi connectivity index (χ2n) is 19.3. The first-order chi connectivity index (χ1) is 34.7. The van der Waals surface area contributed by atoms with Crippen LogP contribution < -0.4 is 35.8 Å². The van der Waals surface area contributed by atoms with Crippen LogP contribution in [0.1, 0.15) is 87.8 Å². The molecule has 0 saturated carbocycles. The van der Waals surface area contributed by atoms with Gasteiger partial charge in [0.15, 0.2) is 5.75 Å². The lowest BCUT2D eigenvalue weighted by molar-refractivity contribution is -0.144. The number of hydrogen-bond donors (Lipinski definition) is 5. The molecule has 1 aliphatic rings. The maximum absolute atomic E-state index is 14.1. The Bertz CT molecular complexity index is 3140. The van der Waals surface area contributed by atoms with E-state index in [1.54, 1.807) is 61.3 Å². The van der Waals surface area contributed by atoms with Crippen molar-refractivity contribution < 1.29 is 42.2 Å². The molecule has 4 aromatic carbocycles.